The van der Waals surface area contributed by atoms with Crippen molar-refractivity contribution in [2.75, 3.05) is 34.3 Å². The summed E-state index contributed by atoms with van der Waals surface area (Å²) in [5.41, 5.74) is -0.0163. The second-order valence-corrected chi connectivity index (χ2v) is 6.69. The molecule has 0 aliphatic heterocycles. The fourth-order valence-electron chi connectivity index (χ4n) is 2.86. The number of amides is 1. The van der Waals surface area contributed by atoms with E-state index in [9.17, 15) is 9.90 Å². The number of aliphatic hydroxyl groups is 1. The van der Waals surface area contributed by atoms with Gasteiger partial charge in [0, 0.05) is 13.1 Å². The zero-order chi connectivity index (χ0) is 17.7. The number of carbonyl (C=O) groups excluding carboxylic acids is 1. The third kappa shape index (κ3) is 4.94. The summed E-state index contributed by atoms with van der Waals surface area (Å²) in [7, 11) is 5.41. The van der Waals surface area contributed by atoms with E-state index < -0.39 is 5.60 Å². The maximum absolute atomic E-state index is 12.3. The number of likely N-dealkylation sites (N-methyl/N-ethyl adjacent to an activating group) is 1. The Labute approximate surface area is 143 Å². The molecule has 0 fully saturated rings. The van der Waals surface area contributed by atoms with E-state index in [4.69, 9.17) is 4.74 Å². The van der Waals surface area contributed by atoms with Crippen LogP contribution in [0.5, 0.6) is 5.75 Å². The third-order valence-electron chi connectivity index (χ3n) is 3.85. The predicted octanol–water partition coefficient (Wildman–Crippen LogP) is 1.82. The maximum Gasteiger partial charge on any atom is 0.224 e. The van der Waals surface area contributed by atoms with Crippen LogP contribution in [-0.2, 0) is 11.2 Å². The van der Waals surface area contributed by atoms with Crippen molar-refractivity contribution in [1.82, 2.24) is 10.2 Å². The molecule has 2 N–H and O–H groups in total. The normalized spacial score (nSPS) is 13.8. The van der Waals surface area contributed by atoms with Crippen LogP contribution in [-0.4, -0.2) is 55.8 Å². The van der Waals surface area contributed by atoms with Crippen molar-refractivity contribution in [2.24, 2.45) is 0 Å². The molecule has 1 amide bonds. The average Bonchev–Trinajstić information content (AvgIpc) is 2.52. The number of benzene rings is 2. The Hall–Kier alpha value is -2.11. The molecule has 0 bridgehead atoms. The summed E-state index contributed by atoms with van der Waals surface area (Å²) in [5.74, 6) is 0.661. The number of carbonyl (C=O) groups is 1. The summed E-state index contributed by atoms with van der Waals surface area (Å²) in [5, 5.41) is 15.2. The van der Waals surface area contributed by atoms with Gasteiger partial charge in [-0.2, -0.15) is 0 Å². The topological polar surface area (TPSA) is 61.8 Å². The molecular formula is C19H26N2O3. The molecule has 0 aliphatic carbocycles. The molecule has 1 unspecified atom stereocenters. The van der Waals surface area contributed by atoms with Crippen LogP contribution < -0.4 is 10.1 Å². The monoisotopic (exact) mass is 330 g/mol. The third-order valence-corrected chi connectivity index (χ3v) is 3.85. The summed E-state index contributed by atoms with van der Waals surface area (Å²) in [6.45, 7) is 2.42. The van der Waals surface area contributed by atoms with Crippen molar-refractivity contribution in [3.05, 3.63) is 42.0 Å². The van der Waals surface area contributed by atoms with Crippen LogP contribution in [0.15, 0.2) is 36.4 Å². The van der Waals surface area contributed by atoms with Crippen molar-refractivity contribution in [3.8, 4) is 5.75 Å². The standard InChI is InChI=1S/C19H26N2O3/c1-19(23,13-21(2)3)12-20-18(22)10-15-7-5-6-14-8-9-16(24-4)11-17(14)15/h5-9,11,23H,10,12-13H2,1-4H3,(H,20,22). The zero-order valence-corrected chi connectivity index (χ0v) is 14.8. The molecule has 0 saturated carbocycles. The number of ether oxygens (including phenoxy) is 1. The summed E-state index contributed by atoms with van der Waals surface area (Å²) in [4.78, 5) is 14.2. The molecule has 1 atom stereocenters. The minimum atomic E-state index is -0.957. The van der Waals surface area contributed by atoms with Gasteiger partial charge in [0.15, 0.2) is 0 Å². The molecule has 0 aromatic heterocycles. The van der Waals surface area contributed by atoms with Crippen LogP contribution in [0.25, 0.3) is 10.8 Å². The highest BCUT2D eigenvalue weighted by Gasteiger charge is 2.22. The van der Waals surface area contributed by atoms with Gasteiger partial charge in [-0.25, -0.2) is 0 Å². The first kappa shape index (κ1) is 18.2. The van der Waals surface area contributed by atoms with Gasteiger partial charge in [0.1, 0.15) is 5.75 Å². The largest absolute Gasteiger partial charge is 0.497 e. The van der Waals surface area contributed by atoms with Crippen molar-refractivity contribution in [2.45, 2.75) is 18.9 Å². The highest BCUT2D eigenvalue weighted by atomic mass is 16.5. The number of methoxy groups -OCH3 is 1. The Morgan fingerprint density at radius 2 is 2.04 bits per heavy atom. The summed E-state index contributed by atoms with van der Waals surface area (Å²) >= 11 is 0. The molecule has 5 nitrogen and oxygen atoms in total. The van der Waals surface area contributed by atoms with Gasteiger partial charge in [-0.1, -0.05) is 24.3 Å². The smallest absolute Gasteiger partial charge is 0.224 e. The van der Waals surface area contributed by atoms with E-state index in [1.807, 2.05) is 55.4 Å². The first-order chi connectivity index (χ1) is 11.3. The second kappa shape index (κ2) is 7.64. The number of hydrogen-bond donors (Lipinski definition) is 2. The van der Waals surface area contributed by atoms with Gasteiger partial charge in [-0.15, -0.1) is 0 Å². The number of hydrogen-bond acceptors (Lipinski definition) is 4. The van der Waals surface area contributed by atoms with Crippen LogP contribution in [0.3, 0.4) is 0 Å². The van der Waals surface area contributed by atoms with Crippen LogP contribution in [0.4, 0.5) is 0 Å². The van der Waals surface area contributed by atoms with E-state index in [1.165, 1.54) is 0 Å². The lowest BCUT2D eigenvalue weighted by molar-refractivity contribution is -0.121. The predicted molar refractivity (Wildman–Crippen MR) is 96.4 cm³/mol. The maximum atomic E-state index is 12.3. The molecule has 130 valence electrons. The minimum absolute atomic E-state index is 0.107. The first-order valence-electron chi connectivity index (χ1n) is 8.00. The molecule has 24 heavy (non-hydrogen) atoms. The molecule has 2 aromatic carbocycles. The minimum Gasteiger partial charge on any atom is -0.497 e. The van der Waals surface area contributed by atoms with Crippen LogP contribution in [0.1, 0.15) is 12.5 Å². The van der Waals surface area contributed by atoms with Crippen LogP contribution >= 0.6 is 0 Å². The number of fused-ring (bicyclic) bond motifs is 1. The van der Waals surface area contributed by atoms with E-state index in [0.717, 1.165) is 22.1 Å². The lowest BCUT2D eigenvalue weighted by Crippen LogP contribution is -2.47. The summed E-state index contributed by atoms with van der Waals surface area (Å²) < 4.78 is 5.27. The molecule has 2 aromatic rings. The Balaban J connectivity index is 2.08. The van der Waals surface area contributed by atoms with Gasteiger partial charge >= 0.3 is 0 Å². The Morgan fingerprint density at radius 3 is 2.71 bits per heavy atom. The Morgan fingerprint density at radius 1 is 1.29 bits per heavy atom. The summed E-state index contributed by atoms with van der Waals surface area (Å²) in [6.07, 6.45) is 0.266. The van der Waals surface area contributed by atoms with E-state index >= 15 is 0 Å². The van der Waals surface area contributed by atoms with Gasteiger partial charge in [-0.05, 0) is 49.5 Å². The quantitative estimate of drug-likeness (QED) is 0.813. The lowest BCUT2D eigenvalue weighted by atomic mass is 10.0. The molecule has 0 radical (unpaired) electrons. The summed E-state index contributed by atoms with van der Waals surface area (Å²) in [6, 6.07) is 11.7. The highest BCUT2D eigenvalue weighted by molar-refractivity contribution is 5.91. The number of nitrogens with zero attached hydrogens (tertiary/aromatic N) is 1. The fraction of sp³-hybridized carbons (Fsp3) is 0.421. The second-order valence-electron chi connectivity index (χ2n) is 6.69. The molecule has 0 heterocycles. The lowest BCUT2D eigenvalue weighted by Gasteiger charge is -2.27. The number of rotatable bonds is 7. The van der Waals surface area contributed by atoms with Gasteiger partial charge in [0.05, 0.1) is 19.1 Å². The van der Waals surface area contributed by atoms with E-state index in [-0.39, 0.29) is 18.9 Å². The van der Waals surface area contributed by atoms with Gasteiger partial charge < -0.3 is 20.1 Å². The van der Waals surface area contributed by atoms with E-state index in [2.05, 4.69) is 5.32 Å². The SMILES string of the molecule is COc1ccc2cccc(CC(=O)NCC(C)(O)CN(C)C)c2c1. The Bertz CT molecular complexity index is 711. The fourth-order valence-corrected chi connectivity index (χ4v) is 2.86. The molecule has 0 spiro atoms. The molecule has 0 aliphatic rings. The number of nitrogens with one attached hydrogen (secondary N) is 1. The van der Waals surface area contributed by atoms with Gasteiger partial charge in [0.2, 0.25) is 5.91 Å². The van der Waals surface area contributed by atoms with E-state index in [0.29, 0.717) is 6.54 Å². The van der Waals surface area contributed by atoms with Crippen molar-refractivity contribution in [1.29, 1.82) is 0 Å². The van der Waals surface area contributed by atoms with Gasteiger partial charge in [0.25, 0.3) is 0 Å². The van der Waals surface area contributed by atoms with Crippen molar-refractivity contribution in [3.63, 3.8) is 0 Å². The highest BCUT2D eigenvalue weighted by Crippen LogP contribution is 2.24. The Kier molecular flexibility index (Phi) is 5.80. The zero-order valence-electron chi connectivity index (χ0n) is 14.8. The molecule has 2 rings (SSSR count). The van der Waals surface area contributed by atoms with Crippen molar-refractivity contribution < 1.29 is 14.6 Å². The van der Waals surface area contributed by atoms with Crippen LogP contribution in [0, 0.1) is 0 Å². The first-order valence-corrected chi connectivity index (χ1v) is 8.00. The van der Waals surface area contributed by atoms with Gasteiger partial charge in [-0.3, -0.25) is 4.79 Å². The average molecular weight is 330 g/mol. The van der Waals surface area contributed by atoms with E-state index in [1.54, 1.807) is 14.0 Å². The molecule has 5 heteroatoms. The molecular weight excluding hydrogens is 304 g/mol. The van der Waals surface area contributed by atoms with Crippen LogP contribution in [0.2, 0.25) is 0 Å². The van der Waals surface area contributed by atoms with Crippen molar-refractivity contribution >= 4 is 16.7 Å². The molecule has 0 saturated heterocycles.